The number of nitrogens with two attached hydrogens (primary N) is 1. The van der Waals surface area contributed by atoms with Crippen LogP contribution in [-0.2, 0) is 28.7 Å². The first kappa shape index (κ1) is 42.4. The molecule has 15 nitrogen and oxygen atoms in total. The van der Waals surface area contributed by atoms with Crippen LogP contribution in [0.5, 0.6) is 0 Å². The highest BCUT2D eigenvalue weighted by atomic mass is 16.5. The molecule has 3 aliphatic rings. The fraction of sp³-hybridized carbons (Fsp3) is 0.500. The van der Waals surface area contributed by atoms with Crippen LogP contribution in [0.25, 0.3) is 11.1 Å². The third-order valence-electron chi connectivity index (χ3n) is 10.9. The first-order valence-corrected chi connectivity index (χ1v) is 19.8. The van der Waals surface area contributed by atoms with Crippen LogP contribution < -0.4 is 27.0 Å². The van der Waals surface area contributed by atoms with E-state index < -0.39 is 65.7 Å². The lowest BCUT2D eigenvalue weighted by Gasteiger charge is -2.30. The quantitative estimate of drug-likeness (QED) is 0.0799. The summed E-state index contributed by atoms with van der Waals surface area (Å²) in [6, 6.07) is 11.8. The number of Topliss-reactive ketones (excluding diaryl/α,β-unsaturated/α-hetero) is 1. The van der Waals surface area contributed by atoms with Gasteiger partial charge in [-0.05, 0) is 81.0 Å². The fourth-order valence-electron chi connectivity index (χ4n) is 7.95. The number of rotatable bonds is 10. The van der Waals surface area contributed by atoms with Crippen LogP contribution >= 0.6 is 0 Å². The predicted molar refractivity (Wildman–Crippen MR) is 213 cm³/mol. The molecule has 2 aliphatic heterocycles. The van der Waals surface area contributed by atoms with Crippen LogP contribution in [-0.4, -0.2) is 95.4 Å². The predicted octanol–water partition coefficient (Wildman–Crippen LogP) is 3.71. The fourth-order valence-corrected chi connectivity index (χ4v) is 7.95. The molecule has 0 spiro atoms. The molecule has 0 aromatic heterocycles. The van der Waals surface area contributed by atoms with Gasteiger partial charge >= 0.3 is 12.1 Å². The Kier molecular flexibility index (Phi) is 14.8. The molecule has 4 amide bonds. The maximum absolute atomic E-state index is 14.3. The first-order chi connectivity index (χ1) is 27.3. The zero-order valence-corrected chi connectivity index (χ0v) is 32.7. The number of fused-ring (bicyclic) bond motifs is 4. The summed E-state index contributed by atoms with van der Waals surface area (Å²) in [4.78, 5) is 82.9. The number of nitrogens with one attached hydrogen (secondary N) is 5. The zero-order chi connectivity index (χ0) is 41.1. The van der Waals surface area contributed by atoms with Crippen molar-refractivity contribution in [1.29, 1.82) is 5.41 Å². The molecule has 0 radical (unpaired) electrons. The number of nitrogens with zero attached hydrogens (tertiary/aromatic N) is 1. The molecule has 57 heavy (non-hydrogen) atoms. The van der Waals surface area contributed by atoms with Crippen molar-refractivity contribution >= 4 is 41.5 Å². The number of hydrogen-bond acceptors (Lipinski definition) is 8. The van der Waals surface area contributed by atoms with Gasteiger partial charge in [0.25, 0.3) is 0 Å². The number of hydrogen-bond donors (Lipinski definition) is 7. The van der Waals surface area contributed by atoms with Gasteiger partial charge in [0, 0.05) is 25.4 Å². The number of carbonyl (C=O) groups excluding carboxylic acids is 5. The van der Waals surface area contributed by atoms with E-state index in [1.807, 2.05) is 62.4 Å². The molecule has 2 aromatic rings. The summed E-state index contributed by atoms with van der Waals surface area (Å²) in [5, 5.41) is 28.5. The second kappa shape index (κ2) is 19.9. The largest absolute Gasteiger partial charge is 0.481 e. The van der Waals surface area contributed by atoms with E-state index in [-0.39, 0.29) is 63.7 Å². The second-order valence-corrected chi connectivity index (χ2v) is 15.3. The van der Waals surface area contributed by atoms with Crippen molar-refractivity contribution in [3.8, 4) is 11.1 Å². The average Bonchev–Trinajstić information content (AvgIpc) is 3.80. The van der Waals surface area contributed by atoms with Gasteiger partial charge in [0.05, 0.1) is 12.0 Å². The van der Waals surface area contributed by atoms with Gasteiger partial charge in [0.2, 0.25) is 17.7 Å². The van der Waals surface area contributed by atoms with Crippen LogP contribution in [0.4, 0.5) is 4.79 Å². The number of ether oxygens (including phenoxy) is 1. The lowest BCUT2D eigenvalue weighted by atomic mass is 9.91. The number of carbonyl (C=O) groups is 6. The summed E-state index contributed by atoms with van der Waals surface area (Å²) < 4.78 is 5.78. The Balaban J connectivity index is 1.36. The number of alkyl carbamates (subject to hydrolysis) is 1. The smallest absolute Gasteiger partial charge is 0.407 e. The van der Waals surface area contributed by atoms with E-state index in [1.165, 1.54) is 4.90 Å². The number of benzene rings is 2. The topological polar surface area (TPSA) is 233 Å². The third-order valence-corrected chi connectivity index (χ3v) is 10.9. The third kappa shape index (κ3) is 11.2. The number of amides is 4. The molecule has 5 rings (SSSR count). The van der Waals surface area contributed by atoms with E-state index in [9.17, 15) is 33.9 Å². The van der Waals surface area contributed by atoms with Crippen LogP contribution in [0.2, 0.25) is 0 Å². The number of carboxylic acids is 1. The van der Waals surface area contributed by atoms with E-state index in [1.54, 1.807) is 6.08 Å². The van der Waals surface area contributed by atoms with Crippen LogP contribution in [0.3, 0.4) is 0 Å². The maximum atomic E-state index is 14.3. The first-order valence-electron chi connectivity index (χ1n) is 19.8. The van der Waals surface area contributed by atoms with E-state index >= 15 is 0 Å². The van der Waals surface area contributed by atoms with Crippen LogP contribution in [0.15, 0.2) is 60.2 Å². The molecule has 2 fully saturated rings. The summed E-state index contributed by atoms with van der Waals surface area (Å²) in [7, 11) is 0. The van der Waals surface area contributed by atoms with Crippen LogP contribution in [0, 0.1) is 11.3 Å². The normalized spacial score (nSPS) is 23.2. The minimum absolute atomic E-state index is 0.0349. The molecule has 0 saturated carbocycles. The highest BCUT2D eigenvalue weighted by Crippen LogP contribution is 2.44. The number of guanidine groups is 1. The summed E-state index contributed by atoms with van der Waals surface area (Å²) in [6.45, 7) is 4.25. The second-order valence-electron chi connectivity index (χ2n) is 15.3. The maximum Gasteiger partial charge on any atom is 0.407 e. The van der Waals surface area contributed by atoms with Crippen molar-refractivity contribution in [2.75, 3.05) is 19.7 Å². The molecule has 15 heteroatoms. The Morgan fingerprint density at radius 3 is 2.23 bits per heavy atom. The van der Waals surface area contributed by atoms with Crippen molar-refractivity contribution in [3.05, 3.63) is 71.3 Å². The summed E-state index contributed by atoms with van der Waals surface area (Å²) in [5.74, 6) is -4.77. The zero-order valence-electron chi connectivity index (χ0n) is 32.7. The molecule has 8 N–H and O–H groups in total. The van der Waals surface area contributed by atoms with Gasteiger partial charge in [-0.15, -0.1) is 0 Å². The highest BCUT2D eigenvalue weighted by Gasteiger charge is 2.40. The standard InChI is InChI=1S/C42H55N7O8/c1-25(2)19-20-33-37(51)46-32(17-9-21-45-41(43)44)36(50)23-26(40(54)55)11-3-8-16-34(39(53)49-22-10-18-35(49)38(52)47-33)48-42(56)57-24-31-29-14-6-4-12-27(29)28-13-5-7-15-30(28)31/h4-7,12-15,19,26,31-35H,3,8-11,16-18,20-24H2,1-2H3,(H,46,51)(H,47,52)(H,48,56)(H,54,55)(H4,43,44,45)/t26-,32+,33+,34+,35?/m1/s1. The van der Waals surface area contributed by atoms with Crippen LogP contribution in [0.1, 0.15) is 95.1 Å². The molecular weight excluding hydrogens is 731 g/mol. The number of aliphatic carboxylic acids is 1. The summed E-state index contributed by atoms with van der Waals surface area (Å²) >= 11 is 0. The lowest BCUT2D eigenvalue weighted by molar-refractivity contribution is -0.144. The monoisotopic (exact) mass is 785 g/mol. The van der Waals surface area contributed by atoms with Gasteiger partial charge in [-0.3, -0.25) is 29.4 Å². The SMILES string of the molecule is CC(C)=CC[C@@H]1NC(=O)C2CCCN2C(=O)[C@@H](NC(=O)OCC2c3ccccc3-c3ccccc32)CCCC[C@@H](C(=O)O)CC(=O)[C@H](CCCNC(=N)N)NC1=O. The molecule has 2 saturated heterocycles. The number of allylic oxidation sites excluding steroid dienone is 1. The van der Waals surface area contributed by atoms with Crippen molar-refractivity contribution in [1.82, 2.24) is 26.2 Å². The van der Waals surface area contributed by atoms with Crippen molar-refractivity contribution in [2.24, 2.45) is 11.7 Å². The molecule has 1 unspecified atom stereocenters. The molecule has 306 valence electrons. The number of ketones is 1. The minimum Gasteiger partial charge on any atom is -0.481 e. The molecular formula is C42H55N7O8. The number of carboxylic acid groups (broad SMARTS) is 1. The van der Waals surface area contributed by atoms with Crippen molar-refractivity contribution < 1.29 is 38.6 Å². The van der Waals surface area contributed by atoms with E-state index in [0.717, 1.165) is 27.8 Å². The van der Waals surface area contributed by atoms with Gasteiger partial charge in [0.1, 0.15) is 24.7 Å². The molecule has 1 aliphatic carbocycles. The Bertz CT molecular complexity index is 1810. The van der Waals surface area contributed by atoms with Gasteiger partial charge < -0.3 is 41.7 Å². The van der Waals surface area contributed by atoms with Crippen molar-refractivity contribution in [3.63, 3.8) is 0 Å². The van der Waals surface area contributed by atoms with Gasteiger partial charge in [-0.1, -0.05) is 73.0 Å². The Morgan fingerprint density at radius 1 is 0.930 bits per heavy atom. The van der Waals surface area contributed by atoms with E-state index in [2.05, 4.69) is 21.3 Å². The Hall–Kier alpha value is -5.73. The summed E-state index contributed by atoms with van der Waals surface area (Å²) in [5.41, 5.74) is 10.5. The van der Waals surface area contributed by atoms with Gasteiger partial charge in [0.15, 0.2) is 11.7 Å². The van der Waals surface area contributed by atoms with E-state index in [4.69, 9.17) is 15.9 Å². The molecule has 5 atom stereocenters. The molecule has 0 bridgehead atoms. The molecule has 2 aromatic carbocycles. The lowest BCUT2D eigenvalue weighted by Crippen LogP contribution is -2.57. The average molecular weight is 786 g/mol. The van der Waals surface area contributed by atoms with Gasteiger partial charge in [-0.25, -0.2) is 4.79 Å². The molecule has 2 heterocycles. The Morgan fingerprint density at radius 2 is 1.58 bits per heavy atom. The Labute approximate surface area is 333 Å². The minimum atomic E-state index is -1.16. The van der Waals surface area contributed by atoms with Crippen molar-refractivity contribution in [2.45, 2.75) is 108 Å². The van der Waals surface area contributed by atoms with Gasteiger partial charge in [-0.2, -0.15) is 0 Å². The highest BCUT2D eigenvalue weighted by molar-refractivity contribution is 5.96. The van der Waals surface area contributed by atoms with E-state index in [0.29, 0.717) is 32.1 Å². The summed E-state index contributed by atoms with van der Waals surface area (Å²) in [6.07, 6.45) is 3.04.